The SMILES string of the molecule is C[C@H]1C[C@H](C)CN(C(=O)[C@@H](C)N2CCN(c3ccc(C(F)(F)F)cn3)CC2)C1. The fraction of sp³-hybridized carbons (Fsp3) is 0.700. The largest absolute Gasteiger partial charge is 0.417 e. The molecule has 0 unspecified atom stereocenters. The first-order chi connectivity index (χ1) is 13.1. The van der Waals surface area contributed by atoms with Gasteiger partial charge in [0.1, 0.15) is 5.82 Å². The van der Waals surface area contributed by atoms with E-state index in [1.807, 2.05) is 16.7 Å². The maximum Gasteiger partial charge on any atom is 0.417 e. The first-order valence-corrected chi connectivity index (χ1v) is 9.96. The van der Waals surface area contributed by atoms with Gasteiger partial charge in [-0.1, -0.05) is 13.8 Å². The van der Waals surface area contributed by atoms with E-state index in [-0.39, 0.29) is 11.9 Å². The van der Waals surface area contributed by atoms with Crippen LogP contribution in [-0.4, -0.2) is 66.0 Å². The van der Waals surface area contributed by atoms with Crippen LogP contribution in [0.25, 0.3) is 0 Å². The van der Waals surface area contributed by atoms with Crippen LogP contribution in [0.3, 0.4) is 0 Å². The number of aromatic nitrogens is 1. The minimum atomic E-state index is -4.37. The zero-order valence-corrected chi connectivity index (χ0v) is 16.7. The van der Waals surface area contributed by atoms with Crippen molar-refractivity contribution in [2.45, 2.75) is 39.4 Å². The van der Waals surface area contributed by atoms with E-state index >= 15 is 0 Å². The molecule has 0 bridgehead atoms. The second-order valence-corrected chi connectivity index (χ2v) is 8.29. The maximum atomic E-state index is 12.9. The summed E-state index contributed by atoms with van der Waals surface area (Å²) < 4.78 is 38.0. The van der Waals surface area contributed by atoms with Crippen LogP contribution >= 0.6 is 0 Å². The Morgan fingerprint density at radius 2 is 1.71 bits per heavy atom. The summed E-state index contributed by atoms with van der Waals surface area (Å²) in [4.78, 5) is 23.0. The molecule has 2 fully saturated rings. The number of piperazine rings is 1. The summed E-state index contributed by atoms with van der Waals surface area (Å²) >= 11 is 0. The number of pyridine rings is 1. The third-order valence-electron chi connectivity index (χ3n) is 5.80. The lowest BCUT2D eigenvalue weighted by atomic mass is 9.91. The zero-order chi connectivity index (χ0) is 20.5. The second kappa shape index (κ2) is 8.27. The van der Waals surface area contributed by atoms with E-state index in [1.165, 1.54) is 6.07 Å². The van der Waals surface area contributed by atoms with E-state index in [4.69, 9.17) is 0 Å². The molecule has 5 nitrogen and oxygen atoms in total. The van der Waals surface area contributed by atoms with Gasteiger partial charge in [0, 0.05) is 45.5 Å². The highest BCUT2D eigenvalue weighted by Crippen LogP contribution is 2.29. The number of likely N-dealkylation sites (tertiary alicyclic amines) is 1. The van der Waals surface area contributed by atoms with Crippen LogP contribution in [-0.2, 0) is 11.0 Å². The van der Waals surface area contributed by atoms with Gasteiger partial charge in [0.15, 0.2) is 0 Å². The Morgan fingerprint density at radius 1 is 1.11 bits per heavy atom. The van der Waals surface area contributed by atoms with Crippen molar-refractivity contribution in [1.29, 1.82) is 0 Å². The number of amides is 1. The van der Waals surface area contributed by atoms with Gasteiger partial charge in [0.2, 0.25) is 5.91 Å². The molecule has 0 aliphatic carbocycles. The van der Waals surface area contributed by atoms with E-state index in [2.05, 4.69) is 23.7 Å². The predicted molar refractivity (Wildman–Crippen MR) is 102 cm³/mol. The quantitative estimate of drug-likeness (QED) is 0.785. The Bertz CT molecular complexity index is 661. The van der Waals surface area contributed by atoms with Crippen LogP contribution in [0.4, 0.5) is 19.0 Å². The summed E-state index contributed by atoms with van der Waals surface area (Å²) in [7, 11) is 0. The van der Waals surface area contributed by atoms with Crippen LogP contribution in [0.5, 0.6) is 0 Å². The molecule has 28 heavy (non-hydrogen) atoms. The van der Waals surface area contributed by atoms with Gasteiger partial charge in [0.05, 0.1) is 11.6 Å². The fourth-order valence-corrected chi connectivity index (χ4v) is 4.34. The lowest BCUT2D eigenvalue weighted by Gasteiger charge is -2.41. The molecule has 0 radical (unpaired) electrons. The molecule has 0 saturated carbocycles. The summed E-state index contributed by atoms with van der Waals surface area (Å²) in [5.41, 5.74) is -0.737. The monoisotopic (exact) mass is 398 g/mol. The van der Waals surface area contributed by atoms with E-state index in [9.17, 15) is 18.0 Å². The van der Waals surface area contributed by atoms with Gasteiger partial charge in [-0.2, -0.15) is 13.2 Å². The average Bonchev–Trinajstić information content (AvgIpc) is 2.65. The van der Waals surface area contributed by atoms with Crippen molar-refractivity contribution in [3.05, 3.63) is 23.9 Å². The summed E-state index contributed by atoms with van der Waals surface area (Å²) in [6.45, 7) is 10.6. The Kier molecular flexibility index (Phi) is 6.17. The first-order valence-electron chi connectivity index (χ1n) is 9.96. The molecule has 0 spiro atoms. The first kappa shape index (κ1) is 20.9. The number of hydrogen-bond donors (Lipinski definition) is 0. The van der Waals surface area contributed by atoms with Crippen LogP contribution in [0.2, 0.25) is 0 Å². The Balaban J connectivity index is 1.55. The number of alkyl halides is 3. The number of rotatable bonds is 3. The summed E-state index contributed by atoms with van der Waals surface area (Å²) in [5.74, 6) is 1.79. The molecule has 156 valence electrons. The highest BCUT2D eigenvalue weighted by Gasteiger charge is 2.33. The number of hydrogen-bond acceptors (Lipinski definition) is 4. The number of anilines is 1. The van der Waals surface area contributed by atoms with Gasteiger partial charge < -0.3 is 9.80 Å². The standard InChI is InChI=1S/C20H29F3N4O/c1-14-10-15(2)13-27(12-14)19(28)16(3)25-6-8-26(9-7-25)18-5-4-17(11-24-18)20(21,22)23/h4-5,11,14-16H,6-10,12-13H2,1-3H3/t14-,15-,16+/m0/s1. The molecule has 0 N–H and O–H groups in total. The molecular weight excluding hydrogens is 369 g/mol. The third-order valence-corrected chi connectivity index (χ3v) is 5.80. The molecule has 2 saturated heterocycles. The normalized spacial score (nSPS) is 25.6. The van der Waals surface area contributed by atoms with Crippen molar-refractivity contribution in [3.8, 4) is 0 Å². The molecule has 0 aromatic carbocycles. The van der Waals surface area contributed by atoms with Gasteiger partial charge in [0.25, 0.3) is 0 Å². The second-order valence-electron chi connectivity index (χ2n) is 8.29. The molecule has 1 amide bonds. The average molecular weight is 398 g/mol. The summed E-state index contributed by atoms with van der Waals surface area (Å²) in [6, 6.07) is 2.31. The molecule has 8 heteroatoms. The van der Waals surface area contributed by atoms with Crippen molar-refractivity contribution < 1.29 is 18.0 Å². The Labute approximate surface area is 164 Å². The molecule has 2 aliphatic heterocycles. The molecule has 3 atom stereocenters. The fourth-order valence-electron chi connectivity index (χ4n) is 4.34. The molecule has 2 aliphatic rings. The number of nitrogens with zero attached hydrogens (tertiary/aromatic N) is 4. The number of carbonyl (C=O) groups excluding carboxylic acids is 1. The van der Waals surface area contributed by atoms with E-state index < -0.39 is 11.7 Å². The van der Waals surface area contributed by atoms with Gasteiger partial charge in [-0.05, 0) is 37.3 Å². The van der Waals surface area contributed by atoms with Gasteiger partial charge in [-0.15, -0.1) is 0 Å². The highest BCUT2D eigenvalue weighted by atomic mass is 19.4. The van der Waals surface area contributed by atoms with Crippen molar-refractivity contribution in [2.75, 3.05) is 44.2 Å². The lowest BCUT2D eigenvalue weighted by Crippen LogP contribution is -2.56. The van der Waals surface area contributed by atoms with E-state index in [1.54, 1.807) is 0 Å². The van der Waals surface area contributed by atoms with Crippen LogP contribution < -0.4 is 4.90 Å². The van der Waals surface area contributed by atoms with Gasteiger partial charge >= 0.3 is 6.18 Å². The zero-order valence-electron chi connectivity index (χ0n) is 16.7. The molecular formula is C20H29F3N4O. The van der Waals surface area contributed by atoms with E-state index in [0.717, 1.165) is 31.8 Å². The van der Waals surface area contributed by atoms with Crippen molar-refractivity contribution in [1.82, 2.24) is 14.8 Å². The summed E-state index contributed by atoms with van der Waals surface area (Å²) in [5, 5.41) is 0. The molecule has 1 aromatic heterocycles. The van der Waals surface area contributed by atoms with Crippen molar-refractivity contribution in [3.63, 3.8) is 0 Å². The number of carbonyl (C=O) groups is 1. The van der Waals surface area contributed by atoms with Crippen LogP contribution in [0.15, 0.2) is 18.3 Å². The minimum Gasteiger partial charge on any atom is -0.354 e. The highest BCUT2D eigenvalue weighted by molar-refractivity contribution is 5.81. The van der Waals surface area contributed by atoms with E-state index in [0.29, 0.717) is 43.8 Å². The molecule has 3 rings (SSSR count). The Morgan fingerprint density at radius 3 is 2.21 bits per heavy atom. The summed E-state index contributed by atoms with van der Waals surface area (Å²) in [6.07, 6.45) is -2.33. The topological polar surface area (TPSA) is 39.7 Å². The van der Waals surface area contributed by atoms with Crippen LogP contribution in [0.1, 0.15) is 32.8 Å². The molecule has 1 aromatic rings. The number of piperidine rings is 1. The van der Waals surface area contributed by atoms with Crippen molar-refractivity contribution >= 4 is 11.7 Å². The van der Waals surface area contributed by atoms with Crippen LogP contribution in [0, 0.1) is 11.8 Å². The lowest BCUT2D eigenvalue weighted by molar-refractivity contribution is -0.139. The number of halogens is 3. The Hall–Kier alpha value is -1.83. The predicted octanol–water partition coefficient (Wildman–Crippen LogP) is 3.12. The molecule has 3 heterocycles. The smallest absolute Gasteiger partial charge is 0.354 e. The third kappa shape index (κ3) is 4.77. The van der Waals surface area contributed by atoms with Crippen molar-refractivity contribution in [2.24, 2.45) is 11.8 Å². The maximum absolute atomic E-state index is 12.9. The van der Waals surface area contributed by atoms with Gasteiger partial charge in [-0.3, -0.25) is 9.69 Å². The minimum absolute atomic E-state index is 0.180. The van der Waals surface area contributed by atoms with Gasteiger partial charge in [-0.25, -0.2) is 4.98 Å².